The lowest BCUT2D eigenvalue weighted by Crippen LogP contribution is -2.42. The van der Waals surface area contributed by atoms with Crippen molar-refractivity contribution in [1.29, 1.82) is 0 Å². The van der Waals surface area contributed by atoms with Gasteiger partial charge in [-0.05, 0) is 6.42 Å². The lowest BCUT2D eigenvalue weighted by atomic mass is 10.3. The lowest BCUT2D eigenvalue weighted by molar-refractivity contribution is -0.143. The third-order valence-corrected chi connectivity index (χ3v) is 1.68. The first-order chi connectivity index (χ1) is 5.11. The van der Waals surface area contributed by atoms with E-state index in [0.29, 0.717) is 12.8 Å². The first kappa shape index (κ1) is 8.00. The standard InChI is InChI=1S/C6H10N2O3/c7-4-1-2-5(9)8(4)3-6(10)11/h4H,1-3,7H2,(H,10,11)/t4-/m1/s1. The first-order valence-electron chi connectivity index (χ1n) is 3.38. The number of likely N-dealkylation sites (tertiary alicyclic amines) is 1. The van der Waals surface area contributed by atoms with E-state index in [1.807, 2.05) is 0 Å². The highest BCUT2D eigenvalue weighted by Gasteiger charge is 2.29. The molecule has 11 heavy (non-hydrogen) atoms. The van der Waals surface area contributed by atoms with Crippen LogP contribution in [-0.2, 0) is 9.59 Å². The molecule has 1 atom stereocenters. The monoisotopic (exact) mass is 158 g/mol. The Morgan fingerprint density at radius 1 is 1.82 bits per heavy atom. The van der Waals surface area contributed by atoms with Gasteiger partial charge in [0.05, 0.1) is 6.17 Å². The Kier molecular flexibility index (Phi) is 2.09. The van der Waals surface area contributed by atoms with Gasteiger partial charge in [-0.2, -0.15) is 0 Å². The number of nitrogens with zero attached hydrogens (tertiary/aromatic N) is 1. The number of carboxylic acid groups (broad SMARTS) is 1. The summed E-state index contributed by atoms with van der Waals surface area (Å²) in [7, 11) is 0. The van der Waals surface area contributed by atoms with Crippen molar-refractivity contribution < 1.29 is 14.7 Å². The van der Waals surface area contributed by atoms with Gasteiger partial charge in [-0.1, -0.05) is 0 Å². The summed E-state index contributed by atoms with van der Waals surface area (Å²) in [4.78, 5) is 22.3. The van der Waals surface area contributed by atoms with Crippen LogP contribution < -0.4 is 5.73 Å². The number of carbonyl (C=O) groups excluding carboxylic acids is 1. The average Bonchev–Trinajstić information content (AvgIpc) is 2.18. The quantitative estimate of drug-likeness (QED) is 0.538. The van der Waals surface area contributed by atoms with Gasteiger partial charge in [-0.15, -0.1) is 0 Å². The van der Waals surface area contributed by atoms with Gasteiger partial charge in [0.25, 0.3) is 0 Å². The summed E-state index contributed by atoms with van der Waals surface area (Å²) >= 11 is 0. The second kappa shape index (κ2) is 2.87. The Hall–Kier alpha value is -1.10. The molecule has 1 amide bonds. The zero-order chi connectivity index (χ0) is 8.43. The van der Waals surface area contributed by atoms with E-state index in [1.54, 1.807) is 0 Å². The van der Waals surface area contributed by atoms with Crippen LogP contribution in [0, 0.1) is 0 Å². The normalized spacial score (nSPS) is 24.3. The predicted molar refractivity (Wildman–Crippen MR) is 36.6 cm³/mol. The highest BCUT2D eigenvalue weighted by molar-refractivity contribution is 5.83. The van der Waals surface area contributed by atoms with Crippen molar-refractivity contribution >= 4 is 11.9 Å². The zero-order valence-corrected chi connectivity index (χ0v) is 5.99. The number of rotatable bonds is 2. The lowest BCUT2D eigenvalue weighted by Gasteiger charge is -2.18. The van der Waals surface area contributed by atoms with Crippen molar-refractivity contribution in [2.75, 3.05) is 6.54 Å². The second-order valence-electron chi connectivity index (χ2n) is 2.52. The topological polar surface area (TPSA) is 83.6 Å². The Balaban J connectivity index is 2.54. The van der Waals surface area contributed by atoms with E-state index in [2.05, 4.69) is 0 Å². The molecule has 0 aromatic carbocycles. The predicted octanol–water partition coefficient (Wildman–Crippen LogP) is -1.02. The van der Waals surface area contributed by atoms with Gasteiger partial charge in [0.15, 0.2) is 0 Å². The Bertz CT molecular complexity index is 192. The van der Waals surface area contributed by atoms with Gasteiger partial charge in [0, 0.05) is 6.42 Å². The van der Waals surface area contributed by atoms with Crippen LogP contribution in [0.5, 0.6) is 0 Å². The van der Waals surface area contributed by atoms with Crippen LogP contribution in [0.1, 0.15) is 12.8 Å². The summed E-state index contributed by atoms with van der Waals surface area (Å²) in [6, 6.07) is 0. The fraction of sp³-hybridized carbons (Fsp3) is 0.667. The minimum Gasteiger partial charge on any atom is -0.480 e. The second-order valence-corrected chi connectivity index (χ2v) is 2.52. The van der Waals surface area contributed by atoms with Crippen molar-refractivity contribution in [2.45, 2.75) is 19.0 Å². The highest BCUT2D eigenvalue weighted by atomic mass is 16.4. The summed E-state index contributed by atoms with van der Waals surface area (Å²) in [5.74, 6) is -1.18. The number of amides is 1. The molecule has 0 spiro atoms. The highest BCUT2D eigenvalue weighted by Crippen LogP contribution is 2.13. The number of carboxylic acids is 1. The van der Waals surface area contributed by atoms with Crippen molar-refractivity contribution in [3.8, 4) is 0 Å². The minimum atomic E-state index is -1.02. The Labute approximate surface area is 63.8 Å². The molecule has 1 aliphatic rings. The number of hydrogen-bond acceptors (Lipinski definition) is 3. The first-order valence-corrected chi connectivity index (χ1v) is 3.38. The molecule has 5 nitrogen and oxygen atoms in total. The molecule has 1 fully saturated rings. The fourth-order valence-electron chi connectivity index (χ4n) is 1.11. The SMILES string of the molecule is N[C@H]1CCC(=O)N1CC(=O)O. The van der Waals surface area contributed by atoms with Crippen LogP contribution in [0.15, 0.2) is 0 Å². The molecule has 0 aromatic rings. The fourth-order valence-corrected chi connectivity index (χ4v) is 1.11. The van der Waals surface area contributed by atoms with Crippen LogP contribution in [0.25, 0.3) is 0 Å². The van der Waals surface area contributed by atoms with Gasteiger partial charge in [-0.3, -0.25) is 9.59 Å². The smallest absolute Gasteiger partial charge is 0.323 e. The number of aliphatic carboxylic acids is 1. The van der Waals surface area contributed by atoms with Gasteiger partial charge < -0.3 is 15.7 Å². The van der Waals surface area contributed by atoms with Gasteiger partial charge in [0.2, 0.25) is 5.91 Å². The molecule has 62 valence electrons. The molecule has 0 radical (unpaired) electrons. The molecular formula is C6H10N2O3. The van der Waals surface area contributed by atoms with E-state index >= 15 is 0 Å². The molecular weight excluding hydrogens is 148 g/mol. The molecule has 5 heteroatoms. The maximum atomic E-state index is 10.9. The van der Waals surface area contributed by atoms with E-state index < -0.39 is 12.1 Å². The van der Waals surface area contributed by atoms with Crippen LogP contribution in [0.4, 0.5) is 0 Å². The van der Waals surface area contributed by atoms with Crippen molar-refractivity contribution in [2.24, 2.45) is 5.73 Å². The number of hydrogen-bond donors (Lipinski definition) is 2. The van der Waals surface area contributed by atoms with E-state index in [1.165, 1.54) is 4.90 Å². The Morgan fingerprint density at radius 2 is 2.45 bits per heavy atom. The van der Waals surface area contributed by atoms with Crippen LogP contribution in [0.3, 0.4) is 0 Å². The maximum absolute atomic E-state index is 10.9. The molecule has 0 unspecified atom stereocenters. The summed E-state index contributed by atoms with van der Waals surface area (Å²) in [6.45, 7) is -0.278. The summed E-state index contributed by atoms with van der Waals surface area (Å²) in [6.07, 6.45) is 0.527. The van der Waals surface area contributed by atoms with E-state index in [4.69, 9.17) is 10.8 Å². The van der Waals surface area contributed by atoms with Crippen LogP contribution >= 0.6 is 0 Å². The van der Waals surface area contributed by atoms with E-state index in [-0.39, 0.29) is 12.5 Å². The molecule has 1 saturated heterocycles. The van der Waals surface area contributed by atoms with Crippen molar-refractivity contribution in [3.63, 3.8) is 0 Å². The summed E-state index contributed by atoms with van der Waals surface area (Å²) < 4.78 is 0. The van der Waals surface area contributed by atoms with Gasteiger partial charge >= 0.3 is 5.97 Å². The third-order valence-electron chi connectivity index (χ3n) is 1.68. The molecule has 1 rings (SSSR count). The molecule has 3 N–H and O–H groups in total. The number of carbonyl (C=O) groups is 2. The maximum Gasteiger partial charge on any atom is 0.323 e. The largest absolute Gasteiger partial charge is 0.480 e. The van der Waals surface area contributed by atoms with Gasteiger partial charge in [-0.25, -0.2) is 0 Å². The van der Waals surface area contributed by atoms with Crippen LogP contribution in [-0.4, -0.2) is 34.6 Å². The zero-order valence-electron chi connectivity index (χ0n) is 5.99. The minimum absolute atomic E-state index is 0.167. The summed E-state index contributed by atoms with van der Waals surface area (Å²) in [5, 5.41) is 8.36. The van der Waals surface area contributed by atoms with Gasteiger partial charge in [0.1, 0.15) is 6.54 Å². The molecule has 1 heterocycles. The molecule has 0 saturated carbocycles. The molecule has 0 bridgehead atoms. The van der Waals surface area contributed by atoms with Crippen LogP contribution in [0.2, 0.25) is 0 Å². The molecule has 0 aliphatic carbocycles. The third kappa shape index (κ3) is 1.68. The van der Waals surface area contributed by atoms with Crippen molar-refractivity contribution in [1.82, 2.24) is 4.90 Å². The number of nitrogens with two attached hydrogens (primary N) is 1. The summed E-state index contributed by atoms with van der Waals surface area (Å²) in [5.41, 5.74) is 5.46. The molecule has 1 aliphatic heterocycles. The van der Waals surface area contributed by atoms with E-state index in [0.717, 1.165) is 0 Å². The van der Waals surface area contributed by atoms with E-state index in [9.17, 15) is 9.59 Å². The molecule has 0 aromatic heterocycles. The Morgan fingerprint density at radius 3 is 2.82 bits per heavy atom. The van der Waals surface area contributed by atoms with Crippen molar-refractivity contribution in [3.05, 3.63) is 0 Å². The average molecular weight is 158 g/mol.